The van der Waals surface area contributed by atoms with Gasteiger partial charge in [-0.25, -0.2) is 0 Å². The summed E-state index contributed by atoms with van der Waals surface area (Å²) in [4.78, 5) is 0. The Balaban J connectivity index is 0. The number of hydrogen-bond donors (Lipinski definition) is 4. The Morgan fingerprint density at radius 1 is 0.267 bits per heavy atom. The van der Waals surface area contributed by atoms with Gasteiger partial charge >= 0.3 is 0 Å². The molecule has 8 N–H and O–H groups in total. The molecule has 184 valence electrons. The van der Waals surface area contributed by atoms with Gasteiger partial charge < -0.3 is 60.8 Å². The topological polar surface area (TPSA) is 178 Å². The molecule has 0 unspecified atom stereocenters. The van der Waals surface area contributed by atoms with Gasteiger partial charge in [-0.3, -0.25) is 0 Å². The van der Waals surface area contributed by atoms with Crippen molar-refractivity contribution in [3.8, 4) is 0 Å². The molecule has 0 aliphatic heterocycles. The van der Waals surface area contributed by atoms with Crippen molar-refractivity contribution in [3.05, 3.63) is 0 Å². The molecule has 30 heavy (non-hydrogen) atoms. The van der Waals surface area contributed by atoms with Crippen LogP contribution in [0.15, 0.2) is 0 Å². The van der Waals surface area contributed by atoms with Crippen molar-refractivity contribution in [3.63, 3.8) is 0 Å². The van der Waals surface area contributed by atoms with Gasteiger partial charge in [0.25, 0.3) is 0 Å². The zero-order chi connectivity index (χ0) is 22.4. The van der Waals surface area contributed by atoms with Crippen LogP contribution < -0.4 is 22.9 Å². The lowest BCUT2D eigenvalue weighted by Gasteiger charge is -2.06. The average Bonchev–Trinajstić information content (AvgIpc) is 2.76. The Morgan fingerprint density at radius 3 is 0.667 bits per heavy atom. The summed E-state index contributed by atoms with van der Waals surface area (Å²) in [6.45, 7) is 9.41. The van der Waals surface area contributed by atoms with E-state index in [2.05, 4.69) is 0 Å². The molecule has 12 heteroatoms. The highest BCUT2D eigenvalue weighted by Gasteiger charge is 1.92. The first-order valence-electron chi connectivity index (χ1n) is 10.3. The number of rotatable bonds is 24. The molecule has 0 radical (unpaired) electrons. The number of hydrogen-bond acceptors (Lipinski definition) is 12. The molecule has 0 saturated heterocycles. The molecule has 12 nitrogen and oxygen atoms in total. The normalized spacial score (nSPS) is 10.8. The molecule has 0 bridgehead atoms. The maximum absolute atomic E-state index is 5.26. The van der Waals surface area contributed by atoms with Crippen LogP contribution in [0.5, 0.6) is 0 Å². The summed E-state index contributed by atoms with van der Waals surface area (Å²) >= 11 is 0. The minimum absolute atomic E-state index is 0.232. The van der Waals surface area contributed by atoms with Crippen molar-refractivity contribution in [1.82, 2.24) is 0 Å². The Bertz CT molecular complexity index is 259. The van der Waals surface area contributed by atoms with Gasteiger partial charge in [-0.2, -0.15) is 0 Å². The molecule has 0 spiro atoms. The molecule has 0 aliphatic carbocycles. The van der Waals surface area contributed by atoms with Crippen LogP contribution in [-0.4, -0.2) is 119 Å². The fourth-order valence-electron chi connectivity index (χ4n) is 1.65. The van der Waals surface area contributed by atoms with Gasteiger partial charge in [0.15, 0.2) is 0 Å². The highest BCUT2D eigenvalue weighted by molar-refractivity contribution is 4.36. The van der Waals surface area contributed by atoms with E-state index < -0.39 is 0 Å². The third-order valence-corrected chi connectivity index (χ3v) is 2.99. The highest BCUT2D eigenvalue weighted by Crippen LogP contribution is 1.82. The van der Waals surface area contributed by atoms with E-state index in [9.17, 15) is 0 Å². The molecule has 0 atom stereocenters. The van der Waals surface area contributed by atoms with Gasteiger partial charge in [-0.1, -0.05) is 0 Å². The maximum Gasteiger partial charge on any atom is 0.0941 e. The Morgan fingerprint density at radius 2 is 0.467 bits per heavy atom. The van der Waals surface area contributed by atoms with Crippen LogP contribution in [0.1, 0.15) is 0 Å². The first-order valence-corrected chi connectivity index (χ1v) is 10.3. The van der Waals surface area contributed by atoms with Crippen LogP contribution in [0.2, 0.25) is 0 Å². The van der Waals surface area contributed by atoms with E-state index >= 15 is 0 Å². The van der Waals surface area contributed by atoms with Crippen molar-refractivity contribution in [2.75, 3.05) is 119 Å². The lowest BCUT2D eigenvalue weighted by Crippen LogP contribution is -2.15. The van der Waals surface area contributed by atoms with Crippen LogP contribution in [0.3, 0.4) is 0 Å². The predicted molar refractivity (Wildman–Crippen MR) is 113 cm³/mol. The summed E-state index contributed by atoms with van der Waals surface area (Å²) in [5, 5.41) is 0. The standard InChI is InChI=1S/C10H24N2O4.C8H20N2O4/c11-1-3-13-5-7-15-9-10-16-8-6-14-4-2-12;9-7-13-5-3-11-1-2-12-4-6-14-8-10/h1-12H2;1-10H2. The SMILES string of the molecule is NCCOCCOCCOCCOCCN.NCOCCOCCOCCOCN. The molecule has 0 amide bonds. The summed E-state index contributed by atoms with van der Waals surface area (Å²) < 4.78 is 40.9. The molecule has 0 aromatic rings. The molecule has 0 saturated carbocycles. The minimum atomic E-state index is 0.232. The fourth-order valence-corrected chi connectivity index (χ4v) is 1.65. The molecule has 0 aromatic carbocycles. The number of nitrogens with two attached hydrogens (primary N) is 4. The zero-order valence-electron chi connectivity index (χ0n) is 18.3. The molecular weight excluding hydrogens is 400 g/mol. The lowest BCUT2D eigenvalue weighted by atomic mass is 10.6. The quantitative estimate of drug-likeness (QED) is 0.0939. The van der Waals surface area contributed by atoms with Crippen LogP contribution in [0.25, 0.3) is 0 Å². The third-order valence-electron chi connectivity index (χ3n) is 2.99. The van der Waals surface area contributed by atoms with E-state index in [-0.39, 0.29) is 13.5 Å². The van der Waals surface area contributed by atoms with Gasteiger partial charge in [0.2, 0.25) is 0 Å². The summed E-state index contributed by atoms with van der Waals surface area (Å²) in [6, 6.07) is 0. The van der Waals surface area contributed by atoms with Crippen molar-refractivity contribution in [2.24, 2.45) is 22.9 Å². The van der Waals surface area contributed by atoms with Crippen LogP contribution in [-0.2, 0) is 37.9 Å². The average molecular weight is 445 g/mol. The first-order chi connectivity index (χ1) is 14.8. The van der Waals surface area contributed by atoms with Gasteiger partial charge in [0, 0.05) is 13.1 Å². The third kappa shape index (κ3) is 35.0. The highest BCUT2D eigenvalue weighted by atomic mass is 16.6. The summed E-state index contributed by atoms with van der Waals surface area (Å²) in [5.41, 5.74) is 20.7. The van der Waals surface area contributed by atoms with Gasteiger partial charge in [-0.15, -0.1) is 0 Å². The molecule has 0 fully saturated rings. The van der Waals surface area contributed by atoms with E-state index in [1.54, 1.807) is 0 Å². The van der Waals surface area contributed by atoms with E-state index in [1.807, 2.05) is 0 Å². The fraction of sp³-hybridized carbons (Fsp3) is 1.00. The maximum atomic E-state index is 5.26. The van der Waals surface area contributed by atoms with E-state index in [0.29, 0.717) is 106 Å². The summed E-state index contributed by atoms with van der Waals surface area (Å²) in [7, 11) is 0. The van der Waals surface area contributed by atoms with E-state index in [1.165, 1.54) is 0 Å². The van der Waals surface area contributed by atoms with Crippen LogP contribution in [0.4, 0.5) is 0 Å². The predicted octanol–water partition coefficient (Wildman–Crippen LogP) is -2.14. The summed E-state index contributed by atoms with van der Waals surface area (Å²) in [6.07, 6.45) is 0. The van der Waals surface area contributed by atoms with Gasteiger partial charge in [0.05, 0.1) is 106 Å². The van der Waals surface area contributed by atoms with Crippen molar-refractivity contribution >= 4 is 0 Å². The Hall–Kier alpha value is -0.480. The second-order valence-electron chi connectivity index (χ2n) is 5.40. The number of ether oxygens (including phenoxy) is 8. The van der Waals surface area contributed by atoms with Gasteiger partial charge in [-0.05, 0) is 0 Å². The summed E-state index contributed by atoms with van der Waals surface area (Å²) in [5.74, 6) is 0. The van der Waals surface area contributed by atoms with Crippen molar-refractivity contribution in [2.45, 2.75) is 0 Å². The van der Waals surface area contributed by atoms with E-state index in [4.69, 9.17) is 60.8 Å². The van der Waals surface area contributed by atoms with Crippen molar-refractivity contribution in [1.29, 1.82) is 0 Å². The van der Waals surface area contributed by atoms with Gasteiger partial charge in [0.1, 0.15) is 0 Å². The minimum Gasteiger partial charge on any atom is -0.378 e. The van der Waals surface area contributed by atoms with Crippen LogP contribution >= 0.6 is 0 Å². The molecule has 0 rings (SSSR count). The monoisotopic (exact) mass is 444 g/mol. The van der Waals surface area contributed by atoms with Crippen molar-refractivity contribution < 1.29 is 37.9 Å². The largest absolute Gasteiger partial charge is 0.378 e. The zero-order valence-corrected chi connectivity index (χ0v) is 18.3. The lowest BCUT2D eigenvalue weighted by molar-refractivity contribution is -0.000474. The second-order valence-corrected chi connectivity index (χ2v) is 5.40. The molecule has 0 heterocycles. The molecule has 0 aromatic heterocycles. The Labute approximate surface area is 180 Å². The first kappa shape index (κ1) is 31.7. The smallest absolute Gasteiger partial charge is 0.0941 e. The van der Waals surface area contributed by atoms with Crippen LogP contribution in [0, 0.1) is 0 Å². The second kappa shape index (κ2) is 33.2. The Kier molecular flexibility index (Phi) is 35.0. The molecular formula is C18H44N4O8. The van der Waals surface area contributed by atoms with E-state index in [0.717, 1.165) is 0 Å². The molecule has 0 aliphatic rings.